The second-order valence-electron chi connectivity index (χ2n) is 6.20. The van der Waals surface area contributed by atoms with Crippen LogP contribution in [0, 0.1) is 0 Å². The second kappa shape index (κ2) is 6.89. The van der Waals surface area contributed by atoms with E-state index in [2.05, 4.69) is 0 Å². The van der Waals surface area contributed by atoms with Crippen molar-refractivity contribution in [1.29, 1.82) is 0 Å². The summed E-state index contributed by atoms with van der Waals surface area (Å²) in [7, 11) is -3.62. The van der Waals surface area contributed by atoms with Crippen LogP contribution in [0.5, 0.6) is 0 Å². The van der Waals surface area contributed by atoms with Gasteiger partial charge in [-0.3, -0.25) is 0 Å². The zero-order valence-corrected chi connectivity index (χ0v) is 16.0. The van der Waals surface area contributed by atoms with Gasteiger partial charge < -0.3 is 10.5 Å². The first-order valence-electron chi connectivity index (χ1n) is 7.92. The molecule has 0 spiro atoms. The fraction of sp³-hybridized carbons (Fsp3) is 0.333. The summed E-state index contributed by atoms with van der Waals surface area (Å²) in [6.45, 7) is 2.50. The third-order valence-electron chi connectivity index (χ3n) is 4.56. The first-order chi connectivity index (χ1) is 11.8. The molecule has 1 saturated carbocycles. The van der Waals surface area contributed by atoms with E-state index in [1.165, 1.54) is 12.1 Å². The van der Waals surface area contributed by atoms with E-state index < -0.39 is 20.6 Å². The Morgan fingerprint density at radius 2 is 1.56 bits per heavy atom. The molecule has 7 heteroatoms. The monoisotopic (exact) mass is 399 g/mol. The number of benzene rings is 2. The standard InChI is InChI=1S/C18H19Cl2NO3S/c1-2-24-11-18(21)16(12-3-5-13(19)6-4-12)17(18)25(22,23)15-9-7-14(20)8-10-15/h3-10,16-17H,2,11,21H2,1H3. The molecule has 0 heterocycles. The Hall–Kier alpha value is -1.11. The van der Waals surface area contributed by atoms with Gasteiger partial charge in [-0.05, 0) is 48.9 Å². The molecule has 3 rings (SSSR count). The molecule has 0 aliphatic heterocycles. The average molecular weight is 400 g/mol. The maximum atomic E-state index is 13.1. The van der Waals surface area contributed by atoms with Gasteiger partial charge in [-0.25, -0.2) is 8.42 Å². The summed E-state index contributed by atoms with van der Waals surface area (Å²) in [5.41, 5.74) is 6.35. The molecule has 2 aromatic carbocycles. The van der Waals surface area contributed by atoms with Gasteiger partial charge in [0.25, 0.3) is 0 Å². The molecule has 1 fully saturated rings. The summed E-state index contributed by atoms with van der Waals surface area (Å²) in [5, 5.41) is 0.320. The molecule has 0 bridgehead atoms. The van der Waals surface area contributed by atoms with Crippen LogP contribution in [0.3, 0.4) is 0 Å². The molecule has 1 aliphatic carbocycles. The van der Waals surface area contributed by atoms with Crippen LogP contribution in [0.2, 0.25) is 10.0 Å². The van der Waals surface area contributed by atoms with E-state index in [1.54, 1.807) is 24.3 Å². The molecule has 0 aromatic heterocycles. The van der Waals surface area contributed by atoms with Crippen LogP contribution in [0.25, 0.3) is 0 Å². The molecule has 0 saturated heterocycles. The topological polar surface area (TPSA) is 69.4 Å². The minimum Gasteiger partial charge on any atom is -0.380 e. The number of hydrogen-bond donors (Lipinski definition) is 1. The van der Waals surface area contributed by atoms with Gasteiger partial charge in [0.15, 0.2) is 9.84 Å². The van der Waals surface area contributed by atoms with Gasteiger partial charge in [-0.2, -0.15) is 0 Å². The second-order valence-corrected chi connectivity index (χ2v) is 9.14. The SMILES string of the molecule is CCOCC1(N)C(c2ccc(Cl)cc2)C1S(=O)(=O)c1ccc(Cl)cc1. The average Bonchev–Trinajstić information content (AvgIpc) is 3.21. The maximum Gasteiger partial charge on any atom is 0.183 e. The largest absolute Gasteiger partial charge is 0.380 e. The molecule has 25 heavy (non-hydrogen) atoms. The van der Waals surface area contributed by atoms with Gasteiger partial charge in [0, 0.05) is 22.6 Å². The summed E-state index contributed by atoms with van der Waals surface area (Å²) >= 11 is 11.8. The number of nitrogens with two attached hydrogens (primary N) is 1. The van der Waals surface area contributed by atoms with Crippen molar-refractivity contribution in [2.24, 2.45) is 5.73 Å². The first-order valence-corrected chi connectivity index (χ1v) is 10.2. The van der Waals surface area contributed by atoms with E-state index in [4.69, 9.17) is 33.7 Å². The Bertz CT molecular complexity index is 853. The normalized spacial score (nSPS) is 25.8. The van der Waals surface area contributed by atoms with Crippen molar-refractivity contribution in [3.05, 3.63) is 64.1 Å². The molecule has 0 radical (unpaired) electrons. The highest BCUT2D eigenvalue weighted by Gasteiger charge is 2.69. The smallest absolute Gasteiger partial charge is 0.183 e. The summed E-state index contributed by atoms with van der Waals surface area (Å²) < 4.78 is 31.7. The lowest BCUT2D eigenvalue weighted by molar-refractivity contribution is 0.125. The third kappa shape index (κ3) is 3.44. The summed E-state index contributed by atoms with van der Waals surface area (Å²) in [6, 6.07) is 13.3. The molecule has 134 valence electrons. The van der Waals surface area contributed by atoms with E-state index in [0.29, 0.717) is 16.7 Å². The molecule has 4 nitrogen and oxygen atoms in total. The zero-order chi connectivity index (χ0) is 18.2. The highest BCUT2D eigenvalue weighted by molar-refractivity contribution is 7.92. The van der Waals surface area contributed by atoms with Crippen LogP contribution < -0.4 is 5.73 Å². The molecule has 0 amide bonds. The van der Waals surface area contributed by atoms with Crippen molar-refractivity contribution < 1.29 is 13.2 Å². The molecular weight excluding hydrogens is 381 g/mol. The summed E-state index contributed by atoms with van der Waals surface area (Å²) in [6.07, 6.45) is 0. The molecule has 3 atom stereocenters. The Morgan fingerprint density at radius 1 is 1.04 bits per heavy atom. The van der Waals surface area contributed by atoms with Gasteiger partial charge in [0.05, 0.1) is 22.3 Å². The first kappa shape index (κ1) is 18.7. The number of hydrogen-bond acceptors (Lipinski definition) is 4. The maximum absolute atomic E-state index is 13.1. The third-order valence-corrected chi connectivity index (χ3v) is 7.38. The highest BCUT2D eigenvalue weighted by atomic mass is 35.5. The molecule has 2 aromatic rings. The van der Waals surface area contributed by atoms with Gasteiger partial charge >= 0.3 is 0 Å². The van der Waals surface area contributed by atoms with Gasteiger partial charge in [0.2, 0.25) is 0 Å². The van der Waals surface area contributed by atoms with Gasteiger partial charge in [-0.1, -0.05) is 35.3 Å². The highest BCUT2D eigenvalue weighted by Crippen LogP contribution is 2.55. The van der Waals surface area contributed by atoms with Crippen LogP contribution in [-0.4, -0.2) is 32.4 Å². The summed E-state index contributed by atoms with van der Waals surface area (Å²) in [4.78, 5) is 0.213. The van der Waals surface area contributed by atoms with Crippen molar-refractivity contribution in [3.8, 4) is 0 Å². The fourth-order valence-corrected chi connectivity index (χ4v) is 5.81. The van der Waals surface area contributed by atoms with Crippen LogP contribution in [0.4, 0.5) is 0 Å². The Labute approximate surface area is 157 Å². The Kier molecular flexibility index (Phi) is 5.15. The predicted octanol–water partition coefficient (Wildman–Crippen LogP) is 3.67. The van der Waals surface area contributed by atoms with Crippen LogP contribution >= 0.6 is 23.2 Å². The Balaban J connectivity index is 1.99. The molecule has 1 aliphatic rings. The van der Waals surface area contributed by atoms with E-state index in [1.807, 2.05) is 19.1 Å². The fourth-order valence-electron chi connectivity index (χ4n) is 3.27. The van der Waals surface area contributed by atoms with Crippen molar-refractivity contribution in [2.45, 2.75) is 28.5 Å². The van der Waals surface area contributed by atoms with Crippen molar-refractivity contribution in [2.75, 3.05) is 13.2 Å². The lowest BCUT2D eigenvalue weighted by Crippen LogP contribution is -2.36. The minimum atomic E-state index is -3.62. The zero-order valence-electron chi connectivity index (χ0n) is 13.7. The van der Waals surface area contributed by atoms with E-state index in [0.717, 1.165) is 5.56 Å². The summed E-state index contributed by atoms with van der Waals surface area (Å²) in [5.74, 6) is -0.350. The molecular formula is C18H19Cl2NO3S. The predicted molar refractivity (Wildman–Crippen MR) is 100 cm³/mol. The van der Waals surface area contributed by atoms with Gasteiger partial charge in [0.1, 0.15) is 0 Å². The number of sulfone groups is 1. The Morgan fingerprint density at radius 3 is 2.08 bits per heavy atom. The van der Waals surface area contributed by atoms with Crippen molar-refractivity contribution in [3.63, 3.8) is 0 Å². The van der Waals surface area contributed by atoms with Crippen LogP contribution in [-0.2, 0) is 14.6 Å². The number of rotatable bonds is 6. The number of ether oxygens (including phenoxy) is 1. The lowest BCUT2D eigenvalue weighted by Gasteiger charge is -2.12. The minimum absolute atomic E-state index is 0.175. The quantitative estimate of drug-likeness (QED) is 0.804. The molecule has 2 N–H and O–H groups in total. The van der Waals surface area contributed by atoms with Crippen molar-refractivity contribution >= 4 is 33.0 Å². The van der Waals surface area contributed by atoms with E-state index in [-0.39, 0.29) is 17.4 Å². The molecule has 3 unspecified atom stereocenters. The van der Waals surface area contributed by atoms with E-state index in [9.17, 15) is 8.42 Å². The lowest BCUT2D eigenvalue weighted by atomic mass is 10.1. The number of halogens is 2. The van der Waals surface area contributed by atoms with Crippen LogP contribution in [0.1, 0.15) is 18.4 Å². The van der Waals surface area contributed by atoms with Crippen molar-refractivity contribution in [1.82, 2.24) is 0 Å². The van der Waals surface area contributed by atoms with E-state index >= 15 is 0 Å². The van der Waals surface area contributed by atoms with Crippen LogP contribution in [0.15, 0.2) is 53.4 Å². The van der Waals surface area contributed by atoms with Gasteiger partial charge in [-0.15, -0.1) is 0 Å².